The molecule has 14 heteroatoms. The normalized spacial score (nSPS) is 32.9. The summed E-state index contributed by atoms with van der Waals surface area (Å²) in [4.78, 5) is 25.0. The van der Waals surface area contributed by atoms with Crippen molar-refractivity contribution >= 4 is 11.9 Å². The van der Waals surface area contributed by atoms with E-state index in [2.05, 4.69) is 6.58 Å². The summed E-state index contributed by atoms with van der Waals surface area (Å²) in [5.41, 5.74) is 0.759. The standard InChI is InChI=1S/C28H39NO13/c1-5-18-19(7-6-16-10-17(24(33)34)12-29(11-16)8-9-30)20(25(35)38-4)14-39-26(18)42-27-23(40-15(2)3)28(36,37)22(32)21(13-31)41-27/h5-7,10,12,14-15,18-19,21-23,26-27,30-32,36-37H,1,8-9,11,13H2,2-4H3,(H,33,34)/p+1. The van der Waals surface area contributed by atoms with Crippen LogP contribution in [-0.2, 0) is 33.3 Å². The number of ether oxygens (including phenoxy) is 5. The predicted molar refractivity (Wildman–Crippen MR) is 143 cm³/mol. The maximum atomic E-state index is 12.7. The number of methoxy groups -OCH3 is 1. The summed E-state index contributed by atoms with van der Waals surface area (Å²) in [5, 5.41) is 60.3. The average Bonchev–Trinajstić information content (AvgIpc) is 2.95. The topological polar surface area (TPSA) is 206 Å². The van der Waals surface area contributed by atoms with Gasteiger partial charge in [0.2, 0.25) is 12.1 Å². The summed E-state index contributed by atoms with van der Waals surface area (Å²) in [6.45, 7) is 6.85. The highest BCUT2D eigenvalue weighted by Gasteiger charge is 2.57. The maximum Gasteiger partial charge on any atom is 0.341 e. The Morgan fingerprint density at radius 1 is 1.26 bits per heavy atom. The van der Waals surface area contributed by atoms with Crippen LogP contribution in [0.25, 0.3) is 0 Å². The van der Waals surface area contributed by atoms with Crippen molar-refractivity contribution in [3.63, 3.8) is 0 Å². The first-order valence-corrected chi connectivity index (χ1v) is 13.4. The number of aliphatic hydroxyl groups excluding tert-OH is 3. The number of carboxylic acids is 1. The molecule has 3 aliphatic heterocycles. The van der Waals surface area contributed by atoms with E-state index in [9.17, 15) is 40.2 Å². The third-order valence-corrected chi connectivity index (χ3v) is 7.07. The van der Waals surface area contributed by atoms with E-state index >= 15 is 0 Å². The fourth-order valence-corrected chi connectivity index (χ4v) is 4.98. The van der Waals surface area contributed by atoms with Crippen molar-refractivity contribution in [2.24, 2.45) is 11.8 Å². The van der Waals surface area contributed by atoms with Crippen molar-refractivity contribution in [3.8, 4) is 0 Å². The van der Waals surface area contributed by atoms with Gasteiger partial charge in [-0.25, -0.2) is 9.59 Å². The number of rotatable bonds is 12. The first-order valence-electron chi connectivity index (χ1n) is 13.4. The molecular formula is C28H40NO13+. The number of carbonyl (C=O) groups is 2. The molecule has 42 heavy (non-hydrogen) atoms. The highest BCUT2D eigenvalue weighted by atomic mass is 16.8. The number of allylic oxidation sites excluding steroid dienone is 1. The van der Waals surface area contributed by atoms with Gasteiger partial charge >= 0.3 is 11.9 Å². The number of hydrogen-bond donors (Lipinski definition) is 7. The zero-order valence-corrected chi connectivity index (χ0v) is 23.7. The van der Waals surface area contributed by atoms with Gasteiger partial charge in [0.1, 0.15) is 37.1 Å². The second-order valence-electron chi connectivity index (χ2n) is 10.4. The predicted octanol–water partition coefficient (Wildman–Crippen LogP) is -2.27. The molecule has 234 valence electrons. The Morgan fingerprint density at radius 3 is 2.55 bits per heavy atom. The molecule has 14 nitrogen and oxygen atoms in total. The summed E-state index contributed by atoms with van der Waals surface area (Å²) in [5.74, 6) is -6.26. The van der Waals surface area contributed by atoms with Crippen LogP contribution in [0.3, 0.4) is 0 Å². The second-order valence-corrected chi connectivity index (χ2v) is 10.4. The summed E-state index contributed by atoms with van der Waals surface area (Å²) in [6.07, 6.45) is 0.591. The Kier molecular flexibility index (Phi) is 11.6. The highest BCUT2D eigenvalue weighted by Crippen LogP contribution is 2.38. The highest BCUT2D eigenvalue weighted by molar-refractivity contribution is 5.90. The van der Waals surface area contributed by atoms with Gasteiger partial charge in [-0.15, -0.1) is 6.58 Å². The SMILES string of the molecule is C=CC1C(OC2OC(CO)C(O)C(O)(O)C2OC(C)C)OC=C(C(=O)OC)C1C=CC1=CC(C(=O)O)=C[NH+](CCO)C1. The van der Waals surface area contributed by atoms with Gasteiger partial charge in [0.25, 0.3) is 0 Å². The van der Waals surface area contributed by atoms with E-state index < -0.39 is 73.2 Å². The minimum absolute atomic E-state index is 0.0456. The Labute approximate surface area is 243 Å². The van der Waals surface area contributed by atoms with Gasteiger partial charge < -0.3 is 59.2 Å². The number of aliphatic carboxylic acids is 1. The molecule has 8 unspecified atom stereocenters. The number of hydrogen-bond acceptors (Lipinski definition) is 12. The minimum atomic E-state index is -2.86. The quantitative estimate of drug-likeness (QED) is 0.0720. The average molecular weight is 599 g/mol. The Morgan fingerprint density at radius 2 is 1.98 bits per heavy atom. The van der Waals surface area contributed by atoms with Crippen LogP contribution in [0.4, 0.5) is 0 Å². The molecule has 0 aromatic carbocycles. The lowest BCUT2D eigenvalue weighted by molar-refractivity contribution is -0.842. The lowest BCUT2D eigenvalue weighted by atomic mass is 9.83. The van der Waals surface area contributed by atoms with E-state index in [1.165, 1.54) is 25.5 Å². The zero-order valence-electron chi connectivity index (χ0n) is 23.7. The van der Waals surface area contributed by atoms with Gasteiger partial charge in [-0.1, -0.05) is 18.2 Å². The largest absolute Gasteiger partial charge is 0.477 e. The van der Waals surface area contributed by atoms with Gasteiger partial charge in [-0.2, -0.15) is 0 Å². The van der Waals surface area contributed by atoms with Gasteiger partial charge in [0.15, 0.2) is 12.4 Å². The van der Waals surface area contributed by atoms with Crippen molar-refractivity contribution in [2.45, 2.75) is 56.6 Å². The van der Waals surface area contributed by atoms with E-state index in [0.29, 0.717) is 18.7 Å². The third-order valence-electron chi connectivity index (χ3n) is 7.07. The molecule has 0 spiro atoms. The summed E-state index contributed by atoms with van der Waals surface area (Å²) >= 11 is 0. The molecule has 0 aromatic rings. The van der Waals surface area contributed by atoms with Crippen molar-refractivity contribution in [1.29, 1.82) is 0 Å². The van der Waals surface area contributed by atoms with E-state index in [1.54, 1.807) is 26.0 Å². The molecular weight excluding hydrogens is 558 g/mol. The molecule has 3 heterocycles. The summed E-state index contributed by atoms with van der Waals surface area (Å²) < 4.78 is 27.9. The number of carboxylic acid groups (broad SMARTS) is 1. The molecule has 0 aliphatic carbocycles. The van der Waals surface area contributed by atoms with Crippen LogP contribution in [0.2, 0.25) is 0 Å². The lowest BCUT2D eigenvalue weighted by Gasteiger charge is -2.48. The molecule has 0 amide bonds. The van der Waals surface area contributed by atoms with Crippen LogP contribution >= 0.6 is 0 Å². The van der Waals surface area contributed by atoms with Crippen LogP contribution in [0.5, 0.6) is 0 Å². The molecule has 0 aromatic heterocycles. The molecule has 3 rings (SSSR count). The number of carbonyl (C=O) groups excluding carboxylic acids is 1. The Balaban J connectivity index is 1.95. The van der Waals surface area contributed by atoms with E-state index in [0.717, 1.165) is 11.2 Å². The fraction of sp³-hybridized carbons (Fsp3) is 0.571. The second kappa shape index (κ2) is 14.5. The Hall–Kier alpha value is -2.92. The van der Waals surface area contributed by atoms with Crippen molar-refractivity contribution in [1.82, 2.24) is 0 Å². The molecule has 3 aliphatic rings. The van der Waals surface area contributed by atoms with Crippen LogP contribution in [-0.4, -0.2) is 119 Å². The molecule has 1 saturated heterocycles. The minimum Gasteiger partial charge on any atom is -0.477 e. The Bertz CT molecular complexity index is 1110. The smallest absolute Gasteiger partial charge is 0.341 e. The van der Waals surface area contributed by atoms with Crippen molar-refractivity contribution in [3.05, 3.63) is 60.1 Å². The first kappa shape index (κ1) is 33.6. The van der Waals surface area contributed by atoms with Crippen LogP contribution in [0, 0.1) is 11.8 Å². The molecule has 0 bridgehead atoms. The van der Waals surface area contributed by atoms with Gasteiger partial charge in [0, 0.05) is 11.5 Å². The van der Waals surface area contributed by atoms with Gasteiger partial charge in [-0.3, -0.25) is 0 Å². The van der Waals surface area contributed by atoms with E-state index in [1.807, 2.05) is 0 Å². The number of esters is 1. The van der Waals surface area contributed by atoms with Crippen molar-refractivity contribution < 1.29 is 68.8 Å². The van der Waals surface area contributed by atoms with Crippen molar-refractivity contribution in [2.75, 3.05) is 33.4 Å². The first-order chi connectivity index (χ1) is 19.9. The molecule has 0 saturated carbocycles. The number of nitrogens with one attached hydrogen (secondary N) is 1. The maximum absolute atomic E-state index is 12.7. The molecule has 7 N–H and O–H groups in total. The van der Waals surface area contributed by atoms with Gasteiger partial charge in [-0.05, 0) is 19.9 Å². The van der Waals surface area contributed by atoms with Crippen LogP contribution < -0.4 is 4.90 Å². The summed E-state index contributed by atoms with van der Waals surface area (Å²) in [6, 6.07) is 0. The molecule has 1 fully saturated rings. The van der Waals surface area contributed by atoms with Crippen LogP contribution in [0.1, 0.15) is 13.8 Å². The zero-order chi connectivity index (χ0) is 31.2. The summed E-state index contributed by atoms with van der Waals surface area (Å²) in [7, 11) is 1.20. The fourth-order valence-electron chi connectivity index (χ4n) is 4.98. The number of aliphatic hydroxyl groups is 5. The molecule has 8 atom stereocenters. The number of quaternary nitrogens is 1. The van der Waals surface area contributed by atoms with Crippen LogP contribution in [0.15, 0.2) is 60.1 Å². The molecule has 0 radical (unpaired) electrons. The monoisotopic (exact) mass is 598 g/mol. The van der Waals surface area contributed by atoms with E-state index in [-0.39, 0.29) is 17.8 Å². The van der Waals surface area contributed by atoms with Gasteiger partial charge in [0.05, 0.1) is 44.2 Å². The third kappa shape index (κ3) is 7.53. The lowest BCUT2D eigenvalue weighted by Crippen LogP contribution is -3.08. The van der Waals surface area contributed by atoms with E-state index in [4.69, 9.17) is 23.7 Å².